The number of nitrogens with two attached hydrogens (primary N) is 5. The van der Waals surface area contributed by atoms with Gasteiger partial charge < -0.3 is 33.8 Å². The van der Waals surface area contributed by atoms with Crippen LogP contribution in [0.5, 0.6) is 0 Å². The lowest BCUT2D eigenvalue weighted by molar-refractivity contribution is -0.137. The van der Waals surface area contributed by atoms with Crippen molar-refractivity contribution < 1.29 is 9.90 Å². The molecule has 0 radical (unpaired) electrons. The number of rotatable bonds is 4. The maximum atomic E-state index is 10.9. The Hall–Kier alpha value is -2.50. The van der Waals surface area contributed by atoms with Crippen molar-refractivity contribution in [3.8, 4) is 0 Å². The topological polar surface area (TPSA) is 228 Å². The molecule has 0 aromatic carbocycles. The molecule has 1 unspecified atom stereocenters. The highest BCUT2D eigenvalue weighted by Gasteiger charge is 2.18. The minimum atomic E-state index is -1.25. The van der Waals surface area contributed by atoms with E-state index in [4.69, 9.17) is 39.2 Å². The molecule has 0 aromatic rings. The average Bonchev–Trinajstić information content (AvgIpc) is 2.21. The molecule has 0 saturated carbocycles. The van der Waals surface area contributed by atoms with Gasteiger partial charge in [0.1, 0.15) is 0 Å². The molecule has 12 heteroatoms. The quantitative estimate of drug-likeness (QED) is 0.207. The molecule has 106 valence electrons. The number of aliphatic imine (C=N–C) groups is 3. The van der Waals surface area contributed by atoms with Crippen LogP contribution in [0.15, 0.2) is 15.0 Å². The minimum Gasteiger partial charge on any atom is -0.480 e. The van der Waals surface area contributed by atoms with Gasteiger partial charge in [-0.1, -0.05) is 11.8 Å². The average molecular weight is 289 g/mol. The molecule has 0 saturated heterocycles. The first-order valence-corrected chi connectivity index (χ1v) is 5.67. The van der Waals surface area contributed by atoms with Gasteiger partial charge in [-0.3, -0.25) is 5.41 Å². The van der Waals surface area contributed by atoms with E-state index in [2.05, 4.69) is 15.0 Å². The van der Waals surface area contributed by atoms with Gasteiger partial charge in [-0.25, -0.2) is 9.79 Å². The number of thioether (sulfide) groups is 1. The van der Waals surface area contributed by atoms with Crippen LogP contribution in [0.4, 0.5) is 0 Å². The molecule has 12 N–H and O–H groups in total. The lowest BCUT2D eigenvalue weighted by atomic mass is 10.4. The summed E-state index contributed by atoms with van der Waals surface area (Å²) in [6, 6.07) is -1.23. The normalized spacial score (nSPS) is 12.3. The van der Waals surface area contributed by atoms with Gasteiger partial charge in [0.2, 0.25) is 5.96 Å². The van der Waals surface area contributed by atoms with Crippen LogP contribution >= 0.6 is 11.8 Å². The van der Waals surface area contributed by atoms with E-state index in [-0.39, 0.29) is 28.8 Å². The molecule has 0 aromatic heterocycles. The third kappa shape index (κ3) is 8.25. The number of amidine groups is 1. The van der Waals surface area contributed by atoms with E-state index in [0.29, 0.717) is 0 Å². The van der Waals surface area contributed by atoms with Gasteiger partial charge in [0.25, 0.3) is 0 Å². The van der Waals surface area contributed by atoms with Gasteiger partial charge in [0.15, 0.2) is 23.1 Å². The van der Waals surface area contributed by atoms with Crippen LogP contribution in [0.25, 0.3) is 0 Å². The van der Waals surface area contributed by atoms with Gasteiger partial charge in [0, 0.05) is 5.75 Å². The SMILES string of the molecule is N=C(N=C(N)N)SCC(N=C(N)N=C(N)N)C(=O)O. The van der Waals surface area contributed by atoms with Crippen molar-refractivity contribution in [2.75, 3.05) is 5.75 Å². The van der Waals surface area contributed by atoms with Crippen molar-refractivity contribution in [1.29, 1.82) is 5.41 Å². The number of hydrogen-bond donors (Lipinski definition) is 7. The summed E-state index contributed by atoms with van der Waals surface area (Å²) >= 11 is 0.783. The fourth-order valence-corrected chi connectivity index (χ4v) is 1.49. The van der Waals surface area contributed by atoms with E-state index in [1.165, 1.54) is 0 Å². The third-order valence-electron chi connectivity index (χ3n) is 1.43. The van der Waals surface area contributed by atoms with Gasteiger partial charge >= 0.3 is 5.97 Å². The number of nitrogens with one attached hydrogen (secondary N) is 1. The molecular weight excluding hydrogens is 274 g/mol. The Morgan fingerprint density at radius 1 is 1.16 bits per heavy atom. The highest BCUT2D eigenvalue weighted by molar-refractivity contribution is 8.13. The predicted octanol–water partition coefficient (Wildman–Crippen LogP) is -3.03. The molecule has 0 heterocycles. The summed E-state index contributed by atoms with van der Waals surface area (Å²) in [6.45, 7) is 0. The van der Waals surface area contributed by atoms with Gasteiger partial charge in [-0.05, 0) is 0 Å². The summed E-state index contributed by atoms with van der Waals surface area (Å²) in [6.07, 6.45) is 0. The standard InChI is InChI=1S/C7H15N9O2S/c8-4(9)15-6(12)14-2(3(17)18)1-19-7(13)16-5(10)11/h2H,1H2,(H,17,18)(H5,10,11,13,16)(H6,8,9,12,14,15). The van der Waals surface area contributed by atoms with E-state index in [9.17, 15) is 4.79 Å². The van der Waals surface area contributed by atoms with E-state index in [1.807, 2.05) is 0 Å². The van der Waals surface area contributed by atoms with E-state index >= 15 is 0 Å². The fraction of sp³-hybridized carbons (Fsp3) is 0.286. The second-order valence-corrected chi connectivity index (χ2v) is 4.04. The Morgan fingerprint density at radius 2 is 1.68 bits per heavy atom. The van der Waals surface area contributed by atoms with Crippen LogP contribution < -0.4 is 28.7 Å². The summed E-state index contributed by atoms with van der Waals surface area (Å²) < 4.78 is 0. The molecular formula is C7H15N9O2S. The van der Waals surface area contributed by atoms with Crippen molar-refractivity contribution in [3.05, 3.63) is 0 Å². The third-order valence-corrected chi connectivity index (χ3v) is 2.27. The second-order valence-electron chi connectivity index (χ2n) is 3.03. The van der Waals surface area contributed by atoms with Crippen LogP contribution in [-0.2, 0) is 4.79 Å². The highest BCUT2D eigenvalue weighted by Crippen LogP contribution is 2.08. The zero-order valence-electron chi connectivity index (χ0n) is 9.78. The summed E-state index contributed by atoms with van der Waals surface area (Å²) in [5, 5.41) is 16.0. The largest absolute Gasteiger partial charge is 0.480 e. The van der Waals surface area contributed by atoms with E-state index in [1.54, 1.807) is 0 Å². The van der Waals surface area contributed by atoms with Crippen LogP contribution in [0.3, 0.4) is 0 Å². The van der Waals surface area contributed by atoms with Crippen LogP contribution in [0, 0.1) is 5.41 Å². The summed E-state index contributed by atoms with van der Waals surface area (Å²) in [5.41, 5.74) is 25.5. The Bertz CT molecular complexity index is 436. The number of carbonyl (C=O) groups is 1. The maximum absolute atomic E-state index is 10.9. The molecule has 1 atom stereocenters. The maximum Gasteiger partial charge on any atom is 0.329 e. The Labute approximate surface area is 112 Å². The fourth-order valence-electron chi connectivity index (χ4n) is 0.792. The van der Waals surface area contributed by atoms with E-state index in [0.717, 1.165) is 11.8 Å². The second kappa shape index (κ2) is 7.75. The van der Waals surface area contributed by atoms with Crippen molar-refractivity contribution in [2.45, 2.75) is 6.04 Å². The molecule has 0 aliphatic rings. The van der Waals surface area contributed by atoms with Crippen molar-refractivity contribution in [2.24, 2.45) is 43.6 Å². The monoisotopic (exact) mass is 289 g/mol. The molecule has 0 rings (SSSR count). The van der Waals surface area contributed by atoms with Crippen LogP contribution in [0.1, 0.15) is 0 Å². The zero-order valence-corrected chi connectivity index (χ0v) is 10.6. The summed E-state index contributed by atoms with van der Waals surface area (Å²) in [4.78, 5) is 21.3. The molecule has 0 fully saturated rings. The van der Waals surface area contributed by atoms with Crippen molar-refractivity contribution in [1.82, 2.24) is 0 Å². The van der Waals surface area contributed by atoms with Gasteiger partial charge in [-0.2, -0.15) is 9.98 Å². The lowest BCUT2D eigenvalue weighted by Gasteiger charge is -2.06. The summed E-state index contributed by atoms with van der Waals surface area (Å²) in [5.74, 6) is -2.37. The highest BCUT2D eigenvalue weighted by atomic mass is 32.2. The number of hydrogen-bond acceptors (Lipinski definition) is 4. The van der Waals surface area contributed by atoms with E-state index < -0.39 is 12.0 Å². The van der Waals surface area contributed by atoms with Crippen LogP contribution in [-0.4, -0.2) is 45.9 Å². The van der Waals surface area contributed by atoms with Crippen molar-refractivity contribution in [3.63, 3.8) is 0 Å². The minimum absolute atomic E-state index is 0.106. The molecule has 11 nitrogen and oxygen atoms in total. The first-order chi connectivity index (χ1) is 8.72. The number of guanidine groups is 3. The number of carboxylic acids is 1. The molecule has 0 aliphatic heterocycles. The Kier molecular flexibility index (Phi) is 6.73. The van der Waals surface area contributed by atoms with Gasteiger partial charge in [0.05, 0.1) is 0 Å². The molecule has 0 amide bonds. The number of carboxylic acid groups (broad SMARTS) is 1. The molecule has 0 aliphatic carbocycles. The zero-order chi connectivity index (χ0) is 15.0. The molecule has 19 heavy (non-hydrogen) atoms. The Balaban J connectivity index is 4.70. The Morgan fingerprint density at radius 3 is 2.11 bits per heavy atom. The summed E-state index contributed by atoms with van der Waals surface area (Å²) in [7, 11) is 0. The smallest absolute Gasteiger partial charge is 0.329 e. The van der Waals surface area contributed by atoms with Gasteiger partial charge in [-0.15, -0.1) is 0 Å². The predicted molar refractivity (Wildman–Crippen MR) is 74.9 cm³/mol. The first kappa shape index (κ1) is 16.5. The van der Waals surface area contributed by atoms with Crippen molar-refractivity contribution >= 4 is 40.8 Å². The number of aliphatic carboxylic acids is 1. The molecule has 0 bridgehead atoms. The lowest BCUT2D eigenvalue weighted by Crippen LogP contribution is -2.29. The first-order valence-electron chi connectivity index (χ1n) is 4.69. The number of nitrogens with zero attached hydrogens (tertiary/aromatic N) is 3. The van der Waals surface area contributed by atoms with Crippen LogP contribution in [0.2, 0.25) is 0 Å². The molecule has 0 spiro atoms.